The first kappa shape index (κ1) is 14.3. The van der Waals surface area contributed by atoms with Crippen LogP contribution in [0.25, 0.3) is 11.3 Å². The molecule has 22 heavy (non-hydrogen) atoms. The fourth-order valence-corrected chi connectivity index (χ4v) is 2.48. The summed E-state index contributed by atoms with van der Waals surface area (Å²) in [6, 6.07) is 6.19. The Balaban J connectivity index is 1.75. The van der Waals surface area contributed by atoms with E-state index in [0.717, 1.165) is 11.3 Å². The number of anilines is 1. The van der Waals surface area contributed by atoms with Crippen molar-refractivity contribution in [2.24, 2.45) is 5.10 Å². The van der Waals surface area contributed by atoms with Gasteiger partial charge in [-0.3, -0.25) is 5.43 Å². The lowest BCUT2D eigenvalue weighted by molar-refractivity contribution is 0.304. The van der Waals surface area contributed by atoms with Crippen LogP contribution in [0.1, 0.15) is 18.3 Å². The molecule has 0 saturated carbocycles. The topological polar surface area (TPSA) is 76.2 Å². The second kappa shape index (κ2) is 6.02. The number of benzene rings is 1. The molecule has 2 heterocycles. The molecule has 0 bridgehead atoms. The number of hydrogen-bond donors (Lipinski definition) is 1. The quantitative estimate of drug-likeness (QED) is 0.589. The van der Waals surface area contributed by atoms with Gasteiger partial charge in [0.2, 0.25) is 5.13 Å². The summed E-state index contributed by atoms with van der Waals surface area (Å²) >= 11 is 1.41. The Bertz CT molecular complexity index is 809. The van der Waals surface area contributed by atoms with Gasteiger partial charge in [0.25, 0.3) is 0 Å². The minimum Gasteiger partial charge on any atom is -0.252 e. The van der Waals surface area contributed by atoms with Gasteiger partial charge in [0.1, 0.15) is 11.5 Å². The number of thiazole rings is 1. The molecule has 8 heteroatoms. The minimum absolute atomic E-state index is 0.269. The highest BCUT2D eigenvalue weighted by molar-refractivity contribution is 7.14. The lowest BCUT2D eigenvalue weighted by atomic mass is 10.2. The van der Waals surface area contributed by atoms with Gasteiger partial charge in [0.15, 0.2) is 5.69 Å². The standard InChI is InChI=1S/C14H12FN5OS/c1-8(13-9(2)19-21-20-13)17-18-14-16-12(7-22-14)10-3-5-11(15)6-4-10/h3-7H,1-2H3,(H,16,18). The molecule has 0 aliphatic rings. The van der Waals surface area contributed by atoms with Crippen LogP contribution in [-0.4, -0.2) is 21.0 Å². The number of hydrazone groups is 1. The molecule has 1 N–H and O–H groups in total. The van der Waals surface area contributed by atoms with Crippen LogP contribution in [0, 0.1) is 12.7 Å². The maximum absolute atomic E-state index is 12.9. The summed E-state index contributed by atoms with van der Waals surface area (Å²) in [5, 5.41) is 14.2. The van der Waals surface area contributed by atoms with E-state index >= 15 is 0 Å². The van der Waals surface area contributed by atoms with E-state index in [2.05, 4.69) is 30.5 Å². The number of aryl methyl sites for hydroxylation is 1. The molecule has 0 saturated heterocycles. The lowest BCUT2D eigenvalue weighted by Crippen LogP contribution is -2.01. The first-order chi connectivity index (χ1) is 10.6. The van der Waals surface area contributed by atoms with Gasteiger partial charge >= 0.3 is 0 Å². The first-order valence-electron chi connectivity index (χ1n) is 6.45. The Morgan fingerprint density at radius 1 is 1.27 bits per heavy atom. The van der Waals surface area contributed by atoms with Gasteiger partial charge in [-0.05, 0) is 43.3 Å². The summed E-state index contributed by atoms with van der Waals surface area (Å²) in [4.78, 5) is 4.40. The summed E-state index contributed by atoms with van der Waals surface area (Å²) in [7, 11) is 0. The van der Waals surface area contributed by atoms with Crippen molar-refractivity contribution < 1.29 is 9.02 Å². The largest absolute Gasteiger partial charge is 0.252 e. The zero-order valence-electron chi connectivity index (χ0n) is 11.9. The second-order valence-corrected chi connectivity index (χ2v) is 5.41. The van der Waals surface area contributed by atoms with Crippen molar-refractivity contribution in [2.45, 2.75) is 13.8 Å². The molecule has 2 aromatic heterocycles. The van der Waals surface area contributed by atoms with Gasteiger partial charge in [0.05, 0.1) is 11.4 Å². The number of hydrogen-bond acceptors (Lipinski definition) is 7. The first-order valence-corrected chi connectivity index (χ1v) is 7.33. The molecule has 0 atom stereocenters. The Morgan fingerprint density at radius 3 is 2.73 bits per heavy atom. The summed E-state index contributed by atoms with van der Waals surface area (Å²) in [6.07, 6.45) is 0. The molecule has 0 unspecified atom stereocenters. The Labute approximate surface area is 129 Å². The smallest absolute Gasteiger partial charge is 0.203 e. The van der Waals surface area contributed by atoms with Crippen LogP contribution in [0.2, 0.25) is 0 Å². The Kier molecular flexibility index (Phi) is 3.92. The fraction of sp³-hybridized carbons (Fsp3) is 0.143. The third-order valence-corrected chi connectivity index (χ3v) is 3.71. The van der Waals surface area contributed by atoms with Gasteiger partial charge in [-0.15, -0.1) is 11.3 Å². The summed E-state index contributed by atoms with van der Waals surface area (Å²) in [5.41, 5.74) is 6.41. The highest BCUT2D eigenvalue weighted by Crippen LogP contribution is 2.25. The molecule has 112 valence electrons. The average molecular weight is 317 g/mol. The highest BCUT2D eigenvalue weighted by Gasteiger charge is 2.09. The van der Waals surface area contributed by atoms with E-state index in [-0.39, 0.29) is 5.82 Å². The number of nitrogens with zero attached hydrogens (tertiary/aromatic N) is 4. The van der Waals surface area contributed by atoms with Crippen molar-refractivity contribution in [3.8, 4) is 11.3 Å². The third kappa shape index (κ3) is 3.01. The highest BCUT2D eigenvalue weighted by atomic mass is 32.1. The van der Waals surface area contributed by atoms with Crippen LogP contribution in [-0.2, 0) is 0 Å². The molecule has 0 fully saturated rings. The molecular formula is C14H12FN5OS. The predicted octanol–water partition coefficient (Wildman–Crippen LogP) is 3.48. The molecule has 6 nitrogen and oxygen atoms in total. The molecule has 1 aromatic carbocycles. The van der Waals surface area contributed by atoms with E-state index in [1.54, 1.807) is 26.0 Å². The lowest BCUT2D eigenvalue weighted by Gasteiger charge is -1.98. The van der Waals surface area contributed by atoms with Crippen LogP contribution in [0.3, 0.4) is 0 Å². The van der Waals surface area contributed by atoms with E-state index in [9.17, 15) is 4.39 Å². The van der Waals surface area contributed by atoms with Crippen molar-refractivity contribution in [1.82, 2.24) is 15.3 Å². The van der Waals surface area contributed by atoms with Crippen molar-refractivity contribution in [1.29, 1.82) is 0 Å². The van der Waals surface area contributed by atoms with E-state index in [1.807, 2.05) is 5.38 Å². The zero-order chi connectivity index (χ0) is 15.5. The summed E-state index contributed by atoms with van der Waals surface area (Å²) in [6.45, 7) is 3.59. The van der Waals surface area contributed by atoms with Crippen LogP contribution >= 0.6 is 11.3 Å². The van der Waals surface area contributed by atoms with Crippen molar-refractivity contribution in [3.63, 3.8) is 0 Å². The second-order valence-electron chi connectivity index (χ2n) is 4.55. The maximum atomic E-state index is 12.9. The molecule has 0 aliphatic heterocycles. The molecule has 3 aromatic rings. The van der Waals surface area contributed by atoms with Gasteiger partial charge in [-0.25, -0.2) is 14.0 Å². The van der Waals surface area contributed by atoms with Crippen LogP contribution < -0.4 is 5.43 Å². The van der Waals surface area contributed by atoms with E-state index in [1.165, 1.54) is 23.5 Å². The maximum Gasteiger partial charge on any atom is 0.203 e. The van der Waals surface area contributed by atoms with E-state index in [4.69, 9.17) is 0 Å². The van der Waals surface area contributed by atoms with E-state index < -0.39 is 0 Å². The minimum atomic E-state index is -0.269. The third-order valence-electron chi connectivity index (χ3n) is 2.96. The predicted molar refractivity (Wildman–Crippen MR) is 82.4 cm³/mol. The molecular weight excluding hydrogens is 305 g/mol. The van der Waals surface area contributed by atoms with Crippen molar-refractivity contribution in [3.05, 3.63) is 46.9 Å². The summed E-state index contributed by atoms with van der Waals surface area (Å²) in [5.74, 6) is -0.269. The monoisotopic (exact) mass is 317 g/mol. The number of halogens is 1. The van der Waals surface area contributed by atoms with Gasteiger partial charge < -0.3 is 0 Å². The number of aromatic nitrogens is 3. The molecule has 0 amide bonds. The Hall–Kier alpha value is -2.61. The van der Waals surface area contributed by atoms with Crippen molar-refractivity contribution in [2.75, 3.05) is 5.43 Å². The number of rotatable bonds is 4. The SMILES string of the molecule is CC(=NNc1nc(-c2ccc(F)cc2)cs1)c1nonc1C. The van der Waals surface area contributed by atoms with Crippen LogP contribution in [0.4, 0.5) is 9.52 Å². The molecule has 0 spiro atoms. The van der Waals surface area contributed by atoms with Gasteiger partial charge in [-0.2, -0.15) is 5.10 Å². The molecule has 3 rings (SSSR count). The Morgan fingerprint density at radius 2 is 2.05 bits per heavy atom. The van der Waals surface area contributed by atoms with Crippen LogP contribution in [0.15, 0.2) is 39.4 Å². The molecule has 0 radical (unpaired) electrons. The normalized spacial score (nSPS) is 11.7. The van der Waals surface area contributed by atoms with Crippen molar-refractivity contribution >= 4 is 22.2 Å². The van der Waals surface area contributed by atoms with E-state index in [0.29, 0.717) is 22.2 Å². The van der Waals surface area contributed by atoms with Crippen LogP contribution in [0.5, 0.6) is 0 Å². The zero-order valence-corrected chi connectivity index (χ0v) is 12.7. The molecule has 0 aliphatic carbocycles. The average Bonchev–Trinajstić information content (AvgIpc) is 3.14. The van der Waals surface area contributed by atoms with Gasteiger partial charge in [-0.1, -0.05) is 5.16 Å². The van der Waals surface area contributed by atoms with Gasteiger partial charge in [0, 0.05) is 10.9 Å². The fourth-order valence-electron chi connectivity index (χ4n) is 1.82. The number of nitrogens with one attached hydrogen (secondary N) is 1. The summed E-state index contributed by atoms with van der Waals surface area (Å²) < 4.78 is 17.6.